The molecule has 0 bridgehead atoms. The van der Waals surface area contributed by atoms with Crippen molar-refractivity contribution in [2.45, 2.75) is 51.5 Å². The van der Waals surface area contributed by atoms with Crippen LogP contribution < -0.4 is 0 Å². The summed E-state index contributed by atoms with van der Waals surface area (Å²) in [6, 6.07) is 0. The number of alkyl halides is 1. The summed E-state index contributed by atoms with van der Waals surface area (Å²) in [5, 5.41) is 10.7. The van der Waals surface area contributed by atoms with Crippen LogP contribution in [0.15, 0.2) is 0 Å². The summed E-state index contributed by atoms with van der Waals surface area (Å²) < 4.78 is 0. The van der Waals surface area contributed by atoms with Gasteiger partial charge in [0.15, 0.2) is 0 Å². The van der Waals surface area contributed by atoms with Gasteiger partial charge >= 0.3 is 0 Å². The predicted molar refractivity (Wildman–Crippen MR) is 57.0 cm³/mol. The first-order valence-electron chi connectivity index (χ1n) is 5.09. The summed E-state index contributed by atoms with van der Waals surface area (Å²) in [7, 11) is 0. The van der Waals surface area contributed by atoms with Crippen LogP contribution >= 0.6 is 11.6 Å². The Labute approximate surface area is 90.0 Å². The lowest BCUT2D eigenvalue weighted by atomic mass is 9.71. The highest BCUT2D eigenvalue weighted by molar-refractivity contribution is 6.22. The first-order valence-corrected chi connectivity index (χ1v) is 5.47. The van der Waals surface area contributed by atoms with Crippen LogP contribution in [-0.2, 0) is 0 Å². The Kier molecular flexibility index (Phi) is 3.10. The van der Waals surface area contributed by atoms with Crippen molar-refractivity contribution >= 4 is 11.6 Å². The smallest absolute Gasteiger partial charge is 0.263 e. The summed E-state index contributed by atoms with van der Waals surface area (Å²) in [6.45, 7) is 6.56. The van der Waals surface area contributed by atoms with Crippen molar-refractivity contribution in [2.24, 2.45) is 11.3 Å². The van der Waals surface area contributed by atoms with Crippen molar-refractivity contribution in [1.29, 1.82) is 0 Å². The maximum Gasteiger partial charge on any atom is 0.294 e. The van der Waals surface area contributed by atoms with Crippen LogP contribution in [-0.4, -0.2) is 9.92 Å². The van der Waals surface area contributed by atoms with Crippen LogP contribution in [0.4, 0.5) is 0 Å². The zero-order chi connectivity index (χ0) is 11.0. The van der Waals surface area contributed by atoms with Crippen LogP contribution in [0.3, 0.4) is 0 Å². The van der Waals surface area contributed by atoms with E-state index in [0.717, 1.165) is 12.8 Å². The maximum absolute atomic E-state index is 10.7. The van der Waals surface area contributed by atoms with Crippen LogP contribution in [0, 0.1) is 21.4 Å². The van der Waals surface area contributed by atoms with E-state index in [2.05, 4.69) is 20.8 Å². The molecule has 1 rings (SSSR count). The summed E-state index contributed by atoms with van der Waals surface area (Å²) in [5.74, 6) is 0.564. The molecule has 1 saturated carbocycles. The molecule has 0 aromatic carbocycles. The van der Waals surface area contributed by atoms with Gasteiger partial charge in [0.05, 0.1) is 0 Å². The van der Waals surface area contributed by atoms with Crippen molar-refractivity contribution in [2.75, 3.05) is 0 Å². The zero-order valence-electron chi connectivity index (χ0n) is 9.05. The van der Waals surface area contributed by atoms with Gasteiger partial charge < -0.3 is 0 Å². The molecule has 0 aromatic heterocycles. The van der Waals surface area contributed by atoms with Crippen molar-refractivity contribution < 1.29 is 4.92 Å². The summed E-state index contributed by atoms with van der Waals surface area (Å²) >= 11 is 5.93. The number of nitro groups is 1. The molecule has 0 N–H and O–H groups in total. The fraction of sp³-hybridized carbons (Fsp3) is 1.00. The van der Waals surface area contributed by atoms with E-state index in [4.69, 9.17) is 11.6 Å². The third-order valence-corrected chi connectivity index (χ3v) is 3.82. The summed E-state index contributed by atoms with van der Waals surface area (Å²) in [6.07, 6.45) is 2.74. The lowest BCUT2D eigenvalue weighted by molar-refractivity contribution is -0.547. The molecule has 0 aliphatic heterocycles. The first-order chi connectivity index (χ1) is 6.26. The third-order valence-electron chi connectivity index (χ3n) is 3.30. The Balaban J connectivity index is 2.59. The van der Waals surface area contributed by atoms with E-state index in [9.17, 15) is 10.1 Å². The van der Waals surface area contributed by atoms with Gasteiger partial charge in [-0.1, -0.05) is 20.8 Å². The molecule has 3 nitrogen and oxygen atoms in total. The van der Waals surface area contributed by atoms with Gasteiger partial charge in [-0.3, -0.25) is 10.1 Å². The van der Waals surface area contributed by atoms with Gasteiger partial charge in [-0.05, 0) is 35.8 Å². The standard InChI is InChI=1S/C10H18ClNO2/c1-9(2,3)8-4-6-10(11,7-5-8)12(13)14/h8H,4-7H2,1-3H3. The molecule has 0 heterocycles. The van der Waals surface area contributed by atoms with Gasteiger partial charge in [0.2, 0.25) is 0 Å². The van der Waals surface area contributed by atoms with Gasteiger partial charge in [-0.2, -0.15) is 0 Å². The first kappa shape index (κ1) is 11.8. The number of rotatable bonds is 1. The molecule has 0 radical (unpaired) electrons. The fourth-order valence-corrected chi connectivity index (χ4v) is 2.33. The van der Waals surface area contributed by atoms with Crippen LogP contribution in [0.1, 0.15) is 46.5 Å². The molecule has 82 valence electrons. The predicted octanol–water partition coefficient (Wildman–Crippen LogP) is 3.43. The monoisotopic (exact) mass is 219 g/mol. The van der Waals surface area contributed by atoms with Crippen LogP contribution in [0.25, 0.3) is 0 Å². The Bertz CT molecular complexity index is 227. The molecular weight excluding hydrogens is 202 g/mol. The van der Waals surface area contributed by atoms with E-state index in [1.54, 1.807) is 0 Å². The molecule has 0 atom stereocenters. The molecule has 0 amide bonds. The highest BCUT2D eigenvalue weighted by atomic mass is 35.5. The fourth-order valence-electron chi connectivity index (χ4n) is 2.11. The minimum Gasteiger partial charge on any atom is -0.263 e. The SMILES string of the molecule is CC(C)(C)C1CCC(Cl)([N+](=O)[O-])CC1. The van der Waals surface area contributed by atoms with E-state index in [-0.39, 0.29) is 10.3 Å². The van der Waals surface area contributed by atoms with E-state index in [1.807, 2.05) is 0 Å². The highest BCUT2D eigenvalue weighted by Crippen LogP contribution is 2.44. The Morgan fingerprint density at radius 1 is 1.36 bits per heavy atom. The molecule has 1 aliphatic carbocycles. The third kappa shape index (κ3) is 2.38. The quantitative estimate of drug-likeness (QED) is 0.294. The molecule has 14 heavy (non-hydrogen) atoms. The molecule has 0 aromatic rings. The number of nitrogens with zero attached hydrogens (tertiary/aromatic N) is 1. The van der Waals surface area contributed by atoms with Crippen molar-refractivity contribution in [3.8, 4) is 0 Å². The Morgan fingerprint density at radius 2 is 1.79 bits per heavy atom. The molecule has 0 unspecified atom stereocenters. The second-order valence-corrected chi connectivity index (χ2v) is 6.02. The van der Waals surface area contributed by atoms with Crippen molar-refractivity contribution in [1.82, 2.24) is 0 Å². The van der Waals surface area contributed by atoms with Gasteiger partial charge in [-0.25, -0.2) is 0 Å². The Hall–Kier alpha value is -0.310. The molecule has 4 heteroatoms. The summed E-state index contributed by atoms with van der Waals surface area (Å²) in [5.41, 5.74) is 0.245. The molecule has 0 spiro atoms. The minimum atomic E-state index is -1.18. The van der Waals surface area contributed by atoms with Gasteiger partial charge in [0.1, 0.15) is 0 Å². The lowest BCUT2D eigenvalue weighted by Gasteiger charge is -2.36. The number of halogens is 1. The lowest BCUT2D eigenvalue weighted by Crippen LogP contribution is -2.39. The normalized spacial score (nSPS) is 34.1. The highest BCUT2D eigenvalue weighted by Gasteiger charge is 2.45. The minimum absolute atomic E-state index is 0.245. The Morgan fingerprint density at radius 3 is 2.07 bits per heavy atom. The zero-order valence-corrected chi connectivity index (χ0v) is 9.80. The molecular formula is C10H18ClNO2. The van der Waals surface area contributed by atoms with Gasteiger partial charge in [-0.15, -0.1) is 0 Å². The molecule has 1 aliphatic rings. The maximum atomic E-state index is 10.7. The molecule has 0 saturated heterocycles. The topological polar surface area (TPSA) is 43.1 Å². The van der Waals surface area contributed by atoms with E-state index >= 15 is 0 Å². The second kappa shape index (κ2) is 3.69. The number of hydrogen-bond acceptors (Lipinski definition) is 2. The average Bonchev–Trinajstić information content (AvgIpc) is 2.03. The number of hydrogen-bond donors (Lipinski definition) is 0. The van der Waals surface area contributed by atoms with E-state index in [1.165, 1.54) is 0 Å². The van der Waals surface area contributed by atoms with E-state index in [0.29, 0.717) is 18.8 Å². The second-order valence-electron chi connectivity index (χ2n) is 5.32. The largest absolute Gasteiger partial charge is 0.294 e. The average molecular weight is 220 g/mol. The van der Waals surface area contributed by atoms with E-state index < -0.39 is 5.00 Å². The van der Waals surface area contributed by atoms with Crippen LogP contribution in [0.5, 0.6) is 0 Å². The van der Waals surface area contributed by atoms with Crippen molar-refractivity contribution in [3.05, 3.63) is 10.1 Å². The molecule has 1 fully saturated rings. The van der Waals surface area contributed by atoms with Gasteiger partial charge in [0, 0.05) is 17.8 Å². The van der Waals surface area contributed by atoms with Gasteiger partial charge in [0.25, 0.3) is 5.00 Å². The van der Waals surface area contributed by atoms with Crippen LogP contribution in [0.2, 0.25) is 0 Å². The summed E-state index contributed by atoms with van der Waals surface area (Å²) in [4.78, 5) is 9.20. The van der Waals surface area contributed by atoms with Crippen molar-refractivity contribution in [3.63, 3.8) is 0 Å².